The SMILES string of the molecule is CN1CCN(S(=O)(=O)c2ccc(NC(=O)[C@@H]3CCCN(S(=O)(=O)c4ccc5ccccc5c4)C3)cc2)CC1. The van der Waals surface area contributed by atoms with Crippen LogP contribution in [0.15, 0.2) is 76.5 Å². The summed E-state index contributed by atoms with van der Waals surface area (Å²) >= 11 is 0. The van der Waals surface area contributed by atoms with Gasteiger partial charge in [0.15, 0.2) is 0 Å². The molecule has 1 N–H and O–H groups in total. The molecule has 0 saturated carbocycles. The number of rotatable bonds is 6. The summed E-state index contributed by atoms with van der Waals surface area (Å²) in [6, 6.07) is 18.8. The minimum atomic E-state index is -3.75. The molecule has 11 heteroatoms. The largest absolute Gasteiger partial charge is 0.326 e. The Bertz CT molecular complexity index is 1530. The lowest BCUT2D eigenvalue weighted by Crippen LogP contribution is -2.47. The van der Waals surface area contributed by atoms with Crippen LogP contribution in [0.1, 0.15) is 12.8 Å². The molecule has 2 aliphatic heterocycles. The van der Waals surface area contributed by atoms with E-state index in [9.17, 15) is 21.6 Å². The van der Waals surface area contributed by atoms with E-state index in [2.05, 4.69) is 10.2 Å². The van der Waals surface area contributed by atoms with Gasteiger partial charge in [0.05, 0.1) is 15.7 Å². The number of nitrogens with one attached hydrogen (secondary N) is 1. The third-order valence-corrected chi connectivity index (χ3v) is 11.1. The summed E-state index contributed by atoms with van der Waals surface area (Å²) in [6.45, 7) is 2.70. The summed E-state index contributed by atoms with van der Waals surface area (Å²) in [5.74, 6) is -0.786. The minimum Gasteiger partial charge on any atom is -0.326 e. The molecular weight excluding hydrogens is 524 g/mol. The lowest BCUT2D eigenvalue weighted by molar-refractivity contribution is -0.120. The van der Waals surface area contributed by atoms with Gasteiger partial charge >= 0.3 is 0 Å². The topological polar surface area (TPSA) is 107 Å². The van der Waals surface area contributed by atoms with Crippen LogP contribution in [0, 0.1) is 5.92 Å². The minimum absolute atomic E-state index is 0.0941. The molecule has 0 unspecified atom stereocenters. The van der Waals surface area contributed by atoms with Gasteiger partial charge < -0.3 is 10.2 Å². The Hall–Kier alpha value is -2.83. The van der Waals surface area contributed by atoms with Crippen LogP contribution < -0.4 is 5.32 Å². The zero-order chi connectivity index (χ0) is 26.9. The molecule has 2 heterocycles. The molecule has 1 atom stereocenters. The fraction of sp³-hybridized carbons (Fsp3) is 0.370. The number of hydrogen-bond donors (Lipinski definition) is 1. The second-order valence-electron chi connectivity index (χ2n) is 9.93. The van der Waals surface area contributed by atoms with Crippen LogP contribution in [-0.4, -0.2) is 82.6 Å². The molecule has 2 fully saturated rings. The monoisotopic (exact) mass is 556 g/mol. The van der Waals surface area contributed by atoms with E-state index in [4.69, 9.17) is 0 Å². The zero-order valence-corrected chi connectivity index (χ0v) is 22.9. The van der Waals surface area contributed by atoms with Gasteiger partial charge in [-0.25, -0.2) is 16.8 Å². The Morgan fingerprint density at radius 1 is 0.763 bits per heavy atom. The lowest BCUT2D eigenvalue weighted by Gasteiger charge is -2.31. The van der Waals surface area contributed by atoms with Crippen LogP contribution in [0.3, 0.4) is 0 Å². The van der Waals surface area contributed by atoms with Crippen LogP contribution in [-0.2, 0) is 24.8 Å². The first-order valence-corrected chi connectivity index (χ1v) is 15.6. The number of carbonyl (C=O) groups is 1. The lowest BCUT2D eigenvalue weighted by atomic mass is 9.99. The molecule has 202 valence electrons. The van der Waals surface area contributed by atoms with Gasteiger partial charge in [0.25, 0.3) is 0 Å². The Morgan fingerprint density at radius 2 is 1.39 bits per heavy atom. The van der Waals surface area contributed by atoms with Gasteiger partial charge in [-0.2, -0.15) is 8.61 Å². The second-order valence-corrected chi connectivity index (χ2v) is 13.8. The number of hydrogen-bond acceptors (Lipinski definition) is 6. The molecule has 3 aromatic carbocycles. The van der Waals surface area contributed by atoms with Gasteiger partial charge in [-0.1, -0.05) is 30.3 Å². The number of amides is 1. The van der Waals surface area contributed by atoms with Crippen molar-refractivity contribution in [2.45, 2.75) is 22.6 Å². The summed E-state index contributed by atoms with van der Waals surface area (Å²) in [4.78, 5) is 15.5. The van der Waals surface area contributed by atoms with Crippen molar-refractivity contribution in [1.82, 2.24) is 13.5 Å². The second kappa shape index (κ2) is 10.7. The Balaban J connectivity index is 1.24. The van der Waals surface area contributed by atoms with Crippen molar-refractivity contribution >= 4 is 42.4 Å². The summed E-state index contributed by atoms with van der Waals surface area (Å²) < 4.78 is 55.5. The third-order valence-electron chi connectivity index (χ3n) is 7.34. The molecule has 0 spiro atoms. The molecule has 38 heavy (non-hydrogen) atoms. The number of piperazine rings is 1. The van der Waals surface area contributed by atoms with Gasteiger partial charge in [-0.05, 0) is 67.1 Å². The fourth-order valence-corrected chi connectivity index (χ4v) is 7.97. The maximum atomic E-state index is 13.4. The van der Waals surface area contributed by atoms with Crippen molar-refractivity contribution in [2.24, 2.45) is 5.92 Å². The first kappa shape index (κ1) is 26.8. The summed E-state index contributed by atoms with van der Waals surface area (Å²) in [7, 11) is -5.38. The zero-order valence-electron chi connectivity index (χ0n) is 21.3. The van der Waals surface area contributed by atoms with Crippen molar-refractivity contribution in [2.75, 3.05) is 51.6 Å². The van der Waals surface area contributed by atoms with Crippen LogP contribution >= 0.6 is 0 Å². The third kappa shape index (κ3) is 5.48. The number of piperidine rings is 1. The number of sulfonamides is 2. The van der Waals surface area contributed by atoms with E-state index >= 15 is 0 Å². The van der Waals surface area contributed by atoms with Gasteiger partial charge in [-0.15, -0.1) is 0 Å². The van der Waals surface area contributed by atoms with Crippen molar-refractivity contribution in [1.29, 1.82) is 0 Å². The molecule has 5 rings (SSSR count). The molecule has 0 radical (unpaired) electrons. The summed E-state index contributed by atoms with van der Waals surface area (Å²) in [5.41, 5.74) is 0.474. The van der Waals surface area contributed by atoms with Gasteiger partial charge in [0, 0.05) is 45.0 Å². The van der Waals surface area contributed by atoms with E-state index in [0.29, 0.717) is 51.3 Å². The van der Waals surface area contributed by atoms with E-state index in [1.807, 2.05) is 31.3 Å². The van der Waals surface area contributed by atoms with Gasteiger partial charge in [0.1, 0.15) is 0 Å². The van der Waals surface area contributed by atoms with Gasteiger partial charge in [-0.3, -0.25) is 4.79 Å². The molecule has 2 aliphatic rings. The number of carbonyl (C=O) groups excluding carboxylic acids is 1. The highest BCUT2D eigenvalue weighted by atomic mass is 32.2. The van der Waals surface area contributed by atoms with Crippen LogP contribution in [0.2, 0.25) is 0 Å². The highest BCUT2D eigenvalue weighted by molar-refractivity contribution is 7.89. The number of benzene rings is 3. The van der Waals surface area contributed by atoms with E-state index in [-0.39, 0.29) is 22.2 Å². The quantitative estimate of drug-likeness (QED) is 0.501. The average Bonchev–Trinajstić information content (AvgIpc) is 2.93. The Morgan fingerprint density at radius 3 is 2.11 bits per heavy atom. The Kier molecular flexibility index (Phi) is 7.56. The molecule has 3 aromatic rings. The maximum absolute atomic E-state index is 13.4. The van der Waals surface area contributed by atoms with E-state index in [1.165, 1.54) is 20.7 Å². The van der Waals surface area contributed by atoms with Crippen LogP contribution in [0.5, 0.6) is 0 Å². The van der Waals surface area contributed by atoms with Crippen LogP contribution in [0.25, 0.3) is 10.8 Å². The Labute approximate surface area is 224 Å². The standard InChI is InChI=1S/C27H32N4O5S2/c1-29-15-17-30(18-16-29)37(33,34)25-12-9-24(10-13-25)28-27(32)23-7-4-14-31(20-23)38(35,36)26-11-8-21-5-2-3-6-22(21)19-26/h2-3,5-6,8-13,19,23H,4,7,14-18,20H2,1H3,(H,28,32)/t23-/m1/s1. The normalized spacial score (nSPS) is 20.4. The van der Waals surface area contributed by atoms with Gasteiger partial charge in [0.2, 0.25) is 26.0 Å². The predicted molar refractivity (Wildman–Crippen MR) is 147 cm³/mol. The first-order chi connectivity index (χ1) is 18.1. The average molecular weight is 557 g/mol. The van der Waals surface area contributed by atoms with Crippen molar-refractivity contribution < 1.29 is 21.6 Å². The number of likely N-dealkylation sites (N-methyl/N-ethyl adjacent to an activating group) is 1. The van der Waals surface area contributed by atoms with E-state index in [0.717, 1.165) is 10.8 Å². The maximum Gasteiger partial charge on any atom is 0.243 e. The van der Waals surface area contributed by atoms with Crippen LogP contribution in [0.4, 0.5) is 5.69 Å². The van der Waals surface area contributed by atoms with Crippen molar-refractivity contribution in [3.63, 3.8) is 0 Å². The predicted octanol–water partition coefficient (Wildman–Crippen LogP) is 2.82. The molecule has 2 saturated heterocycles. The molecular formula is C27H32N4O5S2. The molecule has 0 bridgehead atoms. The number of anilines is 1. The summed E-state index contributed by atoms with van der Waals surface area (Å²) in [6.07, 6.45) is 1.15. The number of fused-ring (bicyclic) bond motifs is 1. The molecule has 0 aliphatic carbocycles. The van der Waals surface area contributed by atoms with E-state index < -0.39 is 26.0 Å². The smallest absolute Gasteiger partial charge is 0.243 e. The molecule has 1 amide bonds. The fourth-order valence-electron chi connectivity index (χ4n) is 4.98. The molecule has 0 aromatic heterocycles. The highest BCUT2D eigenvalue weighted by Crippen LogP contribution is 2.27. The summed E-state index contributed by atoms with van der Waals surface area (Å²) in [5, 5.41) is 4.64. The molecule has 9 nitrogen and oxygen atoms in total. The van der Waals surface area contributed by atoms with Crippen molar-refractivity contribution in [3.8, 4) is 0 Å². The van der Waals surface area contributed by atoms with Crippen molar-refractivity contribution in [3.05, 3.63) is 66.7 Å². The number of nitrogens with zero attached hydrogens (tertiary/aromatic N) is 3. The first-order valence-electron chi connectivity index (χ1n) is 12.7. The highest BCUT2D eigenvalue weighted by Gasteiger charge is 2.34. The van der Waals surface area contributed by atoms with E-state index in [1.54, 1.807) is 30.3 Å².